The van der Waals surface area contributed by atoms with Crippen LogP contribution in [0.2, 0.25) is 4.34 Å². The van der Waals surface area contributed by atoms with Gasteiger partial charge in [-0.1, -0.05) is 23.7 Å². The van der Waals surface area contributed by atoms with E-state index >= 15 is 0 Å². The fourth-order valence-corrected chi connectivity index (χ4v) is 3.16. The Labute approximate surface area is 156 Å². The van der Waals surface area contributed by atoms with Crippen LogP contribution in [0.1, 0.15) is 22.5 Å². The molecule has 2 rings (SSSR count). The molecule has 5 nitrogen and oxygen atoms in total. The monoisotopic (exact) mass is 429 g/mol. The summed E-state index contributed by atoms with van der Waals surface area (Å²) < 4.78 is 6.11. The van der Waals surface area contributed by atoms with Gasteiger partial charge in [-0.25, -0.2) is 0 Å². The molecule has 1 N–H and O–H groups in total. The first-order chi connectivity index (χ1) is 11.5. The molecule has 0 aliphatic rings. The number of nitrogens with one attached hydrogen (secondary N) is 1. The number of benzene rings is 1. The fourth-order valence-electron chi connectivity index (χ4n) is 1.77. The van der Waals surface area contributed by atoms with Crippen LogP contribution in [0.5, 0.6) is 0 Å². The lowest BCUT2D eigenvalue weighted by Crippen LogP contribution is -2.21. The number of ether oxygens (including phenoxy) is 1. The molecule has 0 saturated heterocycles. The number of halogens is 2. The standard InChI is InChI=1S/C16H13BrClNO4S/c17-10-3-1-2-4-11(10)19-15(21)9-23-16(22)8-5-12(20)13-6-7-14(18)24-13/h1-4,6-7H,5,8-9H2,(H,19,21). The highest BCUT2D eigenvalue weighted by Crippen LogP contribution is 2.23. The van der Waals surface area contributed by atoms with Crippen LogP contribution in [-0.4, -0.2) is 24.3 Å². The van der Waals surface area contributed by atoms with Crippen LogP contribution in [0, 0.1) is 0 Å². The predicted octanol–water partition coefficient (Wildman–Crippen LogP) is 4.31. The Morgan fingerprint density at radius 3 is 2.54 bits per heavy atom. The second kappa shape index (κ2) is 8.96. The Balaban J connectivity index is 1.72. The average Bonchev–Trinajstić information content (AvgIpc) is 2.99. The van der Waals surface area contributed by atoms with Crippen molar-refractivity contribution >= 4 is 62.2 Å². The van der Waals surface area contributed by atoms with Gasteiger partial charge in [-0.2, -0.15) is 0 Å². The molecule has 0 aliphatic heterocycles. The van der Waals surface area contributed by atoms with E-state index in [-0.39, 0.29) is 18.6 Å². The van der Waals surface area contributed by atoms with E-state index in [4.69, 9.17) is 16.3 Å². The highest BCUT2D eigenvalue weighted by atomic mass is 79.9. The van der Waals surface area contributed by atoms with Gasteiger partial charge in [0.1, 0.15) is 0 Å². The van der Waals surface area contributed by atoms with Crippen molar-refractivity contribution in [3.05, 3.63) is 50.1 Å². The van der Waals surface area contributed by atoms with Gasteiger partial charge in [0.25, 0.3) is 5.91 Å². The molecule has 0 bridgehead atoms. The highest BCUT2D eigenvalue weighted by molar-refractivity contribution is 9.10. The summed E-state index contributed by atoms with van der Waals surface area (Å²) in [6.07, 6.45) is -0.0712. The van der Waals surface area contributed by atoms with E-state index < -0.39 is 18.5 Å². The molecule has 0 atom stereocenters. The fraction of sp³-hybridized carbons (Fsp3) is 0.188. The topological polar surface area (TPSA) is 72.5 Å². The number of rotatable bonds is 7. The largest absolute Gasteiger partial charge is 0.456 e. The van der Waals surface area contributed by atoms with Crippen LogP contribution in [0.25, 0.3) is 0 Å². The molecule has 0 spiro atoms. The summed E-state index contributed by atoms with van der Waals surface area (Å²) in [7, 11) is 0. The van der Waals surface area contributed by atoms with Crippen LogP contribution in [0.3, 0.4) is 0 Å². The molecule has 0 saturated carbocycles. The number of carbonyl (C=O) groups excluding carboxylic acids is 3. The van der Waals surface area contributed by atoms with Gasteiger partial charge in [0, 0.05) is 10.9 Å². The number of Topliss-reactive ketones (excluding diaryl/α,β-unsaturated/α-hetero) is 1. The van der Waals surface area contributed by atoms with Crippen LogP contribution in [0.4, 0.5) is 5.69 Å². The van der Waals surface area contributed by atoms with Gasteiger partial charge in [-0.05, 0) is 40.2 Å². The zero-order chi connectivity index (χ0) is 17.5. The molecule has 0 radical (unpaired) electrons. The first-order valence-electron chi connectivity index (χ1n) is 6.94. The molecule has 2 aromatic rings. The Hall–Kier alpha value is -1.70. The van der Waals surface area contributed by atoms with Crippen molar-refractivity contribution in [3.63, 3.8) is 0 Å². The van der Waals surface area contributed by atoms with Gasteiger partial charge >= 0.3 is 5.97 Å². The van der Waals surface area contributed by atoms with E-state index in [1.54, 1.807) is 30.3 Å². The Morgan fingerprint density at radius 1 is 1.12 bits per heavy atom. The number of hydrogen-bond acceptors (Lipinski definition) is 5. The van der Waals surface area contributed by atoms with Crippen molar-refractivity contribution in [3.8, 4) is 0 Å². The second-order valence-electron chi connectivity index (χ2n) is 4.72. The van der Waals surface area contributed by atoms with Crippen LogP contribution in [-0.2, 0) is 14.3 Å². The maximum absolute atomic E-state index is 11.8. The minimum Gasteiger partial charge on any atom is -0.456 e. The Bertz CT molecular complexity index is 762. The molecule has 126 valence electrons. The minimum atomic E-state index is -0.603. The van der Waals surface area contributed by atoms with Gasteiger partial charge in [0.2, 0.25) is 0 Å². The lowest BCUT2D eigenvalue weighted by atomic mass is 10.2. The third kappa shape index (κ3) is 5.74. The number of ketones is 1. The summed E-state index contributed by atoms with van der Waals surface area (Å²) in [4.78, 5) is 35.7. The zero-order valence-corrected chi connectivity index (χ0v) is 15.5. The molecule has 24 heavy (non-hydrogen) atoms. The predicted molar refractivity (Wildman–Crippen MR) is 96.6 cm³/mol. The first kappa shape index (κ1) is 18.6. The normalized spacial score (nSPS) is 10.2. The van der Waals surface area contributed by atoms with Crippen molar-refractivity contribution in [1.82, 2.24) is 0 Å². The van der Waals surface area contributed by atoms with Crippen molar-refractivity contribution in [1.29, 1.82) is 0 Å². The Kier molecular flexibility index (Phi) is 6.96. The SMILES string of the molecule is O=C(COC(=O)CCC(=O)c1ccc(Cl)s1)Nc1ccccc1Br. The summed E-state index contributed by atoms with van der Waals surface area (Å²) in [6, 6.07) is 10.3. The van der Waals surface area contributed by atoms with E-state index in [1.165, 1.54) is 0 Å². The number of anilines is 1. The molecule has 1 amide bonds. The third-order valence-corrected chi connectivity index (χ3v) is 4.88. The zero-order valence-electron chi connectivity index (χ0n) is 12.4. The number of amides is 1. The third-order valence-electron chi connectivity index (χ3n) is 2.92. The van der Waals surface area contributed by atoms with Crippen molar-refractivity contribution in [2.24, 2.45) is 0 Å². The maximum atomic E-state index is 11.8. The van der Waals surface area contributed by atoms with Gasteiger partial charge in [0.15, 0.2) is 12.4 Å². The smallest absolute Gasteiger partial charge is 0.306 e. The second-order valence-corrected chi connectivity index (χ2v) is 7.29. The average molecular weight is 431 g/mol. The van der Waals surface area contributed by atoms with Crippen molar-refractivity contribution < 1.29 is 19.1 Å². The summed E-state index contributed by atoms with van der Waals surface area (Å²) in [6.45, 7) is -0.404. The van der Waals surface area contributed by atoms with Gasteiger partial charge < -0.3 is 10.1 Å². The van der Waals surface area contributed by atoms with E-state index in [1.807, 2.05) is 6.07 Å². The van der Waals surface area contributed by atoms with Gasteiger partial charge in [-0.15, -0.1) is 11.3 Å². The summed E-state index contributed by atoms with van der Waals surface area (Å²) in [5.41, 5.74) is 0.586. The minimum absolute atomic E-state index is 0.0154. The van der Waals surface area contributed by atoms with E-state index in [2.05, 4.69) is 21.2 Å². The molecule has 8 heteroatoms. The van der Waals surface area contributed by atoms with Crippen molar-refractivity contribution in [2.45, 2.75) is 12.8 Å². The van der Waals surface area contributed by atoms with Gasteiger partial charge in [-0.3, -0.25) is 14.4 Å². The lowest BCUT2D eigenvalue weighted by Gasteiger charge is -2.07. The molecule has 1 heterocycles. The summed E-state index contributed by atoms with van der Waals surface area (Å²) in [5.74, 6) is -1.23. The van der Waals surface area contributed by atoms with Crippen molar-refractivity contribution in [2.75, 3.05) is 11.9 Å². The molecule has 0 unspecified atom stereocenters. The molecular formula is C16H13BrClNO4S. The lowest BCUT2D eigenvalue weighted by molar-refractivity contribution is -0.147. The van der Waals surface area contributed by atoms with Crippen LogP contribution in [0.15, 0.2) is 40.9 Å². The van der Waals surface area contributed by atoms with Crippen LogP contribution < -0.4 is 5.32 Å². The number of hydrogen-bond donors (Lipinski definition) is 1. The van der Waals surface area contributed by atoms with E-state index in [9.17, 15) is 14.4 Å². The molecule has 0 aliphatic carbocycles. The van der Waals surface area contributed by atoms with Crippen LogP contribution >= 0.6 is 38.9 Å². The van der Waals surface area contributed by atoms with E-state index in [0.29, 0.717) is 14.9 Å². The molecular weight excluding hydrogens is 418 g/mol. The summed E-state index contributed by atoms with van der Waals surface area (Å²) >= 11 is 10.2. The van der Waals surface area contributed by atoms with Gasteiger partial charge in [0.05, 0.1) is 21.3 Å². The molecule has 1 aromatic heterocycles. The highest BCUT2D eigenvalue weighted by Gasteiger charge is 2.13. The number of thiophene rings is 1. The number of esters is 1. The number of carbonyl (C=O) groups is 3. The Morgan fingerprint density at radius 2 is 1.88 bits per heavy atom. The summed E-state index contributed by atoms with van der Waals surface area (Å²) in [5, 5.41) is 2.62. The maximum Gasteiger partial charge on any atom is 0.306 e. The number of para-hydroxylation sites is 1. The molecule has 1 aromatic carbocycles. The quantitative estimate of drug-likeness (QED) is 0.525. The molecule has 0 fully saturated rings. The first-order valence-corrected chi connectivity index (χ1v) is 8.93. The van der Waals surface area contributed by atoms with E-state index in [0.717, 1.165) is 15.8 Å².